The average molecular weight is 250 g/mol. The Bertz CT molecular complexity index is 430. The lowest BCUT2D eigenvalue weighted by molar-refractivity contribution is 0.410. The molecular weight excluding hydrogens is 238 g/mol. The number of halogens is 1. The molecule has 0 aliphatic carbocycles. The smallest absolute Gasteiger partial charge is 0.225 e. The second-order valence-corrected chi connectivity index (χ2v) is 5.64. The van der Waals surface area contributed by atoms with Crippen molar-refractivity contribution >= 4 is 21.6 Å². The van der Waals surface area contributed by atoms with Crippen LogP contribution < -0.4 is 0 Å². The molecule has 1 rings (SSSR count). The van der Waals surface area contributed by atoms with E-state index < -0.39 is 10.0 Å². The van der Waals surface area contributed by atoms with Crippen LogP contribution in [0, 0.1) is 0 Å². The molecule has 0 radical (unpaired) electrons. The van der Waals surface area contributed by atoms with E-state index in [1.807, 2.05) is 0 Å². The van der Waals surface area contributed by atoms with E-state index in [0.717, 1.165) is 0 Å². The van der Waals surface area contributed by atoms with Crippen LogP contribution in [-0.4, -0.2) is 35.8 Å². The fraction of sp³-hybridized carbons (Fsp3) is 0.500. The van der Waals surface area contributed by atoms with E-state index >= 15 is 0 Å². The molecule has 0 N–H and O–H groups in total. The Morgan fingerprint density at radius 1 is 1.33 bits per heavy atom. The lowest BCUT2D eigenvalue weighted by Crippen LogP contribution is -2.33. The number of nitrogens with zero attached hydrogens (tertiary/aromatic N) is 3. The first kappa shape index (κ1) is 12.4. The quantitative estimate of drug-likeness (QED) is 0.754. The van der Waals surface area contributed by atoms with E-state index in [1.165, 1.54) is 23.7 Å². The zero-order valence-electron chi connectivity index (χ0n) is 8.68. The predicted molar refractivity (Wildman–Crippen MR) is 57.1 cm³/mol. The summed E-state index contributed by atoms with van der Waals surface area (Å²) in [5.41, 5.74) is 0. The average Bonchev–Trinajstić information content (AvgIpc) is 2.17. The molecule has 0 aromatic carbocycles. The van der Waals surface area contributed by atoms with Gasteiger partial charge in [0.2, 0.25) is 15.3 Å². The van der Waals surface area contributed by atoms with E-state index in [-0.39, 0.29) is 16.2 Å². The van der Waals surface area contributed by atoms with Crippen molar-refractivity contribution < 1.29 is 8.42 Å². The van der Waals surface area contributed by atoms with Gasteiger partial charge in [0.15, 0.2) is 0 Å². The van der Waals surface area contributed by atoms with Gasteiger partial charge in [0, 0.05) is 13.1 Å². The molecule has 0 aliphatic heterocycles. The number of sulfonamides is 1. The Balaban J connectivity index is 3.12. The Hall–Kier alpha value is -0.720. The summed E-state index contributed by atoms with van der Waals surface area (Å²) in [6.07, 6.45) is 2.40. The minimum absolute atomic E-state index is 0.0288. The van der Waals surface area contributed by atoms with Crippen molar-refractivity contribution in [2.75, 3.05) is 7.05 Å². The highest BCUT2D eigenvalue weighted by molar-refractivity contribution is 7.89. The van der Waals surface area contributed by atoms with Crippen LogP contribution in [0.1, 0.15) is 13.8 Å². The third-order valence-corrected chi connectivity index (χ3v) is 4.18. The van der Waals surface area contributed by atoms with Gasteiger partial charge >= 0.3 is 0 Å². The van der Waals surface area contributed by atoms with Crippen molar-refractivity contribution in [1.82, 2.24) is 14.3 Å². The molecular formula is C8H12ClN3O2S. The van der Waals surface area contributed by atoms with Crippen LogP contribution in [0.25, 0.3) is 0 Å². The van der Waals surface area contributed by atoms with Gasteiger partial charge < -0.3 is 0 Å². The summed E-state index contributed by atoms with van der Waals surface area (Å²) in [6, 6.07) is -0.120. The van der Waals surface area contributed by atoms with Crippen molar-refractivity contribution in [2.45, 2.75) is 24.8 Å². The van der Waals surface area contributed by atoms with E-state index in [0.29, 0.717) is 0 Å². The first-order valence-corrected chi connectivity index (χ1v) is 6.13. The van der Waals surface area contributed by atoms with Crippen molar-refractivity contribution in [1.29, 1.82) is 0 Å². The molecule has 0 amide bonds. The fourth-order valence-electron chi connectivity index (χ4n) is 0.877. The van der Waals surface area contributed by atoms with Crippen LogP contribution in [0.2, 0.25) is 5.28 Å². The molecule has 0 fully saturated rings. The molecule has 5 nitrogen and oxygen atoms in total. The van der Waals surface area contributed by atoms with E-state index in [9.17, 15) is 8.42 Å². The van der Waals surface area contributed by atoms with Crippen LogP contribution in [0.5, 0.6) is 0 Å². The van der Waals surface area contributed by atoms with Gasteiger partial charge in [0.05, 0.1) is 12.4 Å². The summed E-state index contributed by atoms with van der Waals surface area (Å²) in [6.45, 7) is 3.57. The number of rotatable bonds is 3. The molecule has 7 heteroatoms. The van der Waals surface area contributed by atoms with Crippen molar-refractivity contribution in [3.63, 3.8) is 0 Å². The lowest BCUT2D eigenvalue weighted by atomic mass is 10.4. The normalized spacial score (nSPS) is 12.4. The molecule has 0 saturated heterocycles. The van der Waals surface area contributed by atoms with E-state index in [1.54, 1.807) is 13.8 Å². The van der Waals surface area contributed by atoms with Crippen LogP contribution >= 0.6 is 11.6 Å². The summed E-state index contributed by atoms with van der Waals surface area (Å²) < 4.78 is 25.0. The number of hydrogen-bond donors (Lipinski definition) is 0. The second kappa shape index (κ2) is 4.42. The monoisotopic (exact) mass is 249 g/mol. The minimum Gasteiger partial charge on any atom is -0.225 e. The number of aromatic nitrogens is 2. The number of hydrogen-bond acceptors (Lipinski definition) is 4. The van der Waals surface area contributed by atoms with Crippen molar-refractivity contribution in [3.8, 4) is 0 Å². The first-order valence-electron chi connectivity index (χ1n) is 4.31. The van der Waals surface area contributed by atoms with Gasteiger partial charge in [-0.15, -0.1) is 0 Å². The fourth-order valence-corrected chi connectivity index (χ4v) is 2.23. The standard InChI is InChI=1S/C8H12ClN3O2S/c1-6(2)12(3)15(13,14)7-4-10-8(9)11-5-7/h4-6H,1-3H3. The Morgan fingerprint density at radius 3 is 2.20 bits per heavy atom. The molecule has 0 atom stereocenters. The van der Waals surface area contributed by atoms with Gasteiger partial charge in [-0.25, -0.2) is 18.4 Å². The predicted octanol–water partition coefficient (Wildman–Crippen LogP) is 1.16. The topological polar surface area (TPSA) is 63.2 Å². The van der Waals surface area contributed by atoms with Gasteiger partial charge in [0.25, 0.3) is 0 Å². The van der Waals surface area contributed by atoms with E-state index in [2.05, 4.69) is 9.97 Å². The van der Waals surface area contributed by atoms with Crippen LogP contribution in [-0.2, 0) is 10.0 Å². The summed E-state index contributed by atoms with van der Waals surface area (Å²) >= 11 is 5.47. The SMILES string of the molecule is CC(C)N(C)S(=O)(=O)c1cnc(Cl)nc1. The third-order valence-electron chi connectivity index (χ3n) is 2.00. The van der Waals surface area contributed by atoms with Gasteiger partial charge in [-0.3, -0.25) is 0 Å². The highest BCUT2D eigenvalue weighted by Crippen LogP contribution is 2.15. The first-order chi connectivity index (χ1) is 6.85. The largest absolute Gasteiger partial charge is 0.246 e. The minimum atomic E-state index is -3.51. The maximum absolute atomic E-state index is 11.9. The second-order valence-electron chi connectivity index (χ2n) is 3.30. The molecule has 0 bridgehead atoms. The molecule has 84 valence electrons. The molecule has 15 heavy (non-hydrogen) atoms. The summed E-state index contributed by atoms with van der Waals surface area (Å²) in [5.74, 6) is 0. The Labute approximate surface area is 94.2 Å². The molecule has 1 aromatic heterocycles. The summed E-state index contributed by atoms with van der Waals surface area (Å²) in [7, 11) is -2.00. The maximum atomic E-state index is 11.9. The van der Waals surface area contributed by atoms with Gasteiger partial charge in [-0.05, 0) is 25.4 Å². The van der Waals surface area contributed by atoms with Crippen LogP contribution in [0.3, 0.4) is 0 Å². The molecule has 0 saturated carbocycles. The maximum Gasteiger partial charge on any atom is 0.246 e. The van der Waals surface area contributed by atoms with Crippen molar-refractivity contribution in [3.05, 3.63) is 17.7 Å². The van der Waals surface area contributed by atoms with Crippen LogP contribution in [0.4, 0.5) is 0 Å². The highest BCUT2D eigenvalue weighted by Gasteiger charge is 2.23. The zero-order valence-corrected chi connectivity index (χ0v) is 10.2. The van der Waals surface area contributed by atoms with Gasteiger partial charge in [-0.2, -0.15) is 4.31 Å². The third kappa shape index (κ3) is 2.64. The molecule has 0 aliphatic rings. The molecule has 1 aromatic rings. The molecule has 1 heterocycles. The molecule has 0 unspecified atom stereocenters. The van der Waals surface area contributed by atoms with Gasteiger partial charge in [0.1, 0.15) is 4.90 Å². The Kier molecular flexibility index (Phi) is 3.64. The van der Waals surface area contributed by atoms with E-state index in [4.69, 9.17) is 11.6 Å². The molecule has 0 spiro atoms. The van der Waals surface area contributed by atoms with Crippen LogP contribution in [0.15, 0.2) is 17.3 Å². The summed E-state index contributed by atoms with van der Waals surface area (Å²) in [5, 5.41) is 0.0288. The Morgan fingerprint density at radius 2 is 1.80 bits per heavy atom. The zero-order chi connectivity index (χ0) is 11.6. The van der Waals surface area contributed by atoms with Crippen molar-refractivity contribution in [2.24, 2.45) is 0 Å². The highest BCUT2D eigenvalue weighted by atomic mass is 35.5. The van der Waals surface area contributed by atoms with Gasteiger partial charge in [-0.1, -0.05) is 0 Å². The lowest BCUT2D eigenvalue weighted by Gasteiger charge is -2.20. The summed E-state index contributed by atoms with van der Waals surface area (Å²) in [4.78, 5) is 7.32.